The quantitative estimate of drug-likeness (QED) is 0.181. The van der Waals surface area contributed by atoms with Crippen LogP contribution in [0.4, 0.5) is 26.3 Å². The largest absolute Gasteiger partial charge is 0.471 e. The first-order valence-electron chi connectivity index (χ1n) is 14.8. The van der Waals surface area contributed by atoms with Crippen LogP contribution in [0.5, 0.6) is 0 Å². The van der Waals surface area contributed by atoms with Crippen LogP contribution in [0, 0.1) is 17.8 Å². The lowest BCUT2D eigenvalue weighted by molar-refractivity contribution is -0.196. The van der Waals surface area contributed by atoms with E-state index in [0.29, 0.717) is 31.9 Å². The zero-order chi connectivity index (χ0) is 32.4. The second-order valence-electron chi connectivity index (χ2n) is 11.9. The number of fused-ring (bicyclic) bond motifs is 3. The van der Waals surface area contributed by atoms with E-state index in [1.54, 1.807) is 5.32 Å². The first-order valence-corrected chi connectivity index (χ1v) is 14.8. The van der Waals surface area contributed by atoms with Crippen molar-refractivity contribution < 1.29 is 55.1 Å². The second-order valence-corrected chi connectivity index (χ2v) is 11.9. The molecule has 0 aromatic carbocycles. The van der Waals surface area contributed by atoms with Gasteiger partial charge in [0.2, 0.25) is 23.5 Å². The van der Waals surface area contributed by atoms with Crippen LogP contribution in [0.15, 0.2) is 11.9 Å². The minimum absolute atomic E-state index is 0.0577. The lowest BCUT2D eigenvalue weighted by atomic mass is 9.71. The van der Waals surface area contributed by atoms with Crippen LogP contribution < -0.4 is 16.0 Å². The summed E-state index contributed by atoms with van der Waals surface area (Å²) in [6.45, 7) is 1.58. The van der Waals surface area contributed by atoms with E-state index in [0.717, 1.165) is 11.3 Å². The number of esters is 1. The summed E-state index contributed by atoms with van der Waals surface area (Å²) in [7, 11) is 0. The summed E-state index contributed by atoms with van der Waals surface area (Å²) in [5.74, 6) is -13.7. The number of nitrogens with zero attached hydrogens (tertiary/aromatic N) is 1. The standard InChI is InChI=1S/C28H36F6N4O6/c1-2-44-25(42)19(29)12-16(11-15-8-9-35-22(15)39)36-23(40)21-18-7-6-17(13-27(18,30)31)38(21)24(41)20(10-14-4-3-5-14)37-26(43)28(32,33)34/h12,14-18,20-21H,2-11,13H2,1H3,(H,35,39)(H,36,40)(H,37,43)/b19-12-/t15-,16+,17+,18+,20+,21+/m1/s1. The fourth-order valence-corrected chi connectivity index (χ4v) is 6.59. The van der Waals surface area contributed by atoms with Crippen molar-refractivity contribution in [2.45, 2.75) is 101 Å². The molecule has 0 spiro atoms. The second kappa shape index (κ2) is 13.3. The minimum atomic E-state index is -5.31. The van der Waals surface area contributed by atoms with E-state index in [1.807, 2.05) is 0 Å². The van der Waals surface area contributed by atoms with Gasteiger partial charge >= 0.3 is 18.1 Å². The maximum atomic E-state index is 15.2. The molecular formula is C28H36F6N4O6. The monoisotopic (exact) mass is 638 g/mol. The molecule has 3 saturated heterocycles. The SMILES string of the molecule is CCOC(=O)/C(F)=C/[C@H](C[C@H]1CCNC1=O)NC(=O)[C@@H]1[C@@H]2CC[C@@H](CC2(F)F)N1C(=O)[C@H](CC1CCC1)NC(=O)C(F)(F)F. The first-order chi connectivity index (χ1) is 20.6. The number of halogens is 6. The highest BCUT2D eigenvalue weighted by Gasteiger charge is 2.61. The van der Waals surface area contributed by atoms with Crippen LogP contribution >= 0.6 is 0 Å². The average molecular weight is 639 g/mol. The highest BCUT2D eigenvalue weighted by atomic mass is 19.4. The molecule has 2 saturated carbocycles. The van der Waals surface area contributed by atoms with Gasteiger partial charge in [0.05, 0.1) is 18.6 Å². The van der Waals surface area contributed by atoms with Crippen LogP contribution in [-0.2, 0) is 28.7 Å². The van der Waals surface area contributed by atoms with Gasteiger partial charge in [-0.15, -0.1) is 0 Å². The molecule has 0 aromatic rings. The van der Waals surface area contributed by atoms with Gasteiger partial charge in [0, 0.05) is 24.9 Å². The average Bonchev–Trinajstić information content (AvgIpc) is 3.31. The number of carbonyl (C=O) groups is 5. The van der Waals surface area contributed by atoms with E-state index in [4.69, 9.17) is 0 Å². The summed E-state index contributed by atoms with van der Waals surface area (Å²) in [6, 6.07) is -6.15. The van der Waals surface area contributed by atoms with Crippen molar-refractivity contribution in [3.05, 3.63) is 11.9 Å². The lowest BCUT2D eigenvalue weighted by Crippen LogP contribution is -2.71. The number of alkyl halides is 5. The van der Waals surface area contributed by atoms with Gasteiger partial charge in [-0.2, -0.15) is 17.6 Å². The number of piperidine rings is 2. The van der Waals surface area contributed by atoms with Gasteiger partial charge in [0.15, 0.2) is 0 Å². The fraction of sp³-hybridized carbons (Fsp3) is 0.750. The van der Waals surface area contributed by atoms with E-state index in [-0.39, 0.29) is 38.2 Å². The first kappa shape index (κ1) is 33.6. The Morgan fingerprint density at radius 3 is 2.34 bits per heavy atom. The van der Waals surface area contributed by atoms with Gasteiger partial charge in [-0.05, 0) is 51.0 Å². The molecule has 3 N–H and O–H groups in total. The molecule has 4 amide bonds. The smallest absolute Gasteiger partial charge is 0.461 e. The molecule has 0 aromatic heterocycles. The number of hydrogen-bond donors (Lipinski definition) is 3. The highest BCUT2D eigenvalue weighted by Crippen LogP contribution is 2.49. The van der Waals surface area contributed by atoms with Crippen molar-refractivity contribution in [2.24, 2.45) is 17.8 Å². The molecule has 3 heterocycles. The Labute approximate surface area is 249 Å². The molecule has 2 bridgehead atoms. The van der Waals surface area contributed by atoms with Crippen LogP contribution in [0.2, 0.25) is 0 Å². The Hall–Kier alpha value is -3.33. The minimum Gasteiger partial charge on any atom is -0.461 e. The van der Waals surface area contributed by atoms with E-state index < -0.39 is 89.9 Å². The highest BCUT2D eigenvalue weighted by molar-refractivity contribution is 5.94. The van der Waals surface area contributed by atoms with E-state index in [2.05, 4.69) is 15.4 Å². The zero-order valence-corrected chi connectivity index (χ0v) is 24.1. The summed E-state index contributed by atoms with van der Waals surface area (Å²) in [5, 5.41) is 6.69. The van der Waals surface area contributed by atoms with Crippen molar-refractivity contribution in [1.82, 2.24) is 20.9 Å². The van der Waals surface area contributed by atoms with Crippen molar-refractivity contribution in [1.29, 1.82) is 0 Å². The Bertz CT molecular complexity index is 1180. The molecule has 3 aliphatic heterocycles. The zero-order valence-electron chi connectivity index (χ0n) is 24.1. The molecule has 246 valence electrons. The predicted molar refractivity (Wildman–Crippen MR) is 140 cm³/mol. The van der Waals surface area contributed by atoms with Crippen molar-refractivity contribution >= 4 is 29.6 Å². The molecule has 5 aliphatic rings. The summed E-state index contributed by atoms with van der Waals surface area (Å²) in [5.41, 5.74) is 0. The van der Waals surface area contributed by atoms with Crippen molar-refractivity contribution in [3.63, 3.8) is 0 Å². The van der Waals surface area contributed by atoms with Crippen LogP contribution in [0.3, 0.4) is 0 Å². The number of rotatable bonds is 11. The molecule has 10 nitrogen and oxygen atoms in total. The molecule has 44 heavy (non-hydrogen) atoms. The maximum absolute atomic E-state index is 15.2. The number of nitrogens with one attached hydrogen (secondary N) is 3. The van der Waals surface area contributed by atoms with Gasteiger partial charge in [0.25, 0.3) is 5.92 Å². The number of amides is 4. The summed E-state index contributed by atoms with van der Waals surface area (Å²) < 4.78 is 89.1. The van der Waals surface area contributed by atoms with E-state index in [9.17, 15) is 41.5 Å². The summed E-state index contributed by atoms with van der Waals surface area (Å²) in [6.07, 6.45) is -3.60. The normalized spacial score (nSPS) is 28.0. The lowest BCUT2D eigenvalue weighted by Gasteiger charge is -2.54. The summed E-state index contributed by atoms with van der Waals surface area (Å²) >= 11 is 0. The van der Waals surface area contributed by atoms with Gasteiger partial charge in [-0.1, -0.05) is 19.3 Å². The van der Waals surface area contributed by atoms with Crippen LogP contribution in [0.1, 0.15) is 64.7 Å². The molecule has 5 rings (SSSR count). The molecule has 2 aliphatic carbocycles. The molecule has 6 atom stereocenters. The van der Waals surface area contributed by atoms with Gasteiger partial charge < -0.3 is 25.6 Å². The van der Waals surface area contributed by atoms with Crippen molar-refractivity contribution in [2.75, 3.05) is 13.2 Å². The number of ether oxygens (including phenoxy) is 1. The number of hydrogen-bond acceptors (Lipinski definition) is 6. The van der Waals surface area contributed by atoms with Crippen molar-refractivity contribution in [3.8, 4) is 0 Å². The Morgan fingerprint density at radius 1 is 1.09 bits per heavy atom. The van der Waals surface area contributed by atoms with Crippen LogP contribution in [-0.4, -0.2) is 83.9 Å². The molecule has 16 heteroatoms. The van der Waals surface area contributed by atoms with Gasteiger partial charge in [0.1, 0.15) is 12.1 Å². The predicted octanol–water partition coefficient (Wildman–Crippen LogP) is 2.67. The molecule has 5 fully saturated rings. The number of carbonyl (C=O) groups excluding carboxylic acids is 5. The summed E-state index contributed by atoms with van der Waals surface area (Å²) in [4.78, 5) is 64.4. The fourth-order valence-electron chi connectivity index (χ4n) is 6.59. The van der Waals surface area contributed by atoms with Gasteiger partial charge in [-0.3, -0.25) is 19.2 Å². The maximum Gasteiger partial charge on any atom is 0.471 e. The molecule has 0 radical (unpaired) electrons. The molecular weight excluding hydrogens is 602 g/mol. The van der Waals surface area contributed by atoms with E-state index >= 15 is 8.78 Å². The van der Waals surface area contributed by atoms with E-state index in [1.165, 1.54) is 6.92 Å². The molecule has 0 unspecified atom stereocenters. The Kier molecular flexibility index (Phi) is 10.2. The third-order valence-corrected chi connectivity index (χ3v) is 8.96. The third kappa shape index (κ3) is 7.48. The Morgan fingerprint density at radius 2 is 1.80 bits per heavy atom. The van der Waals surface area contributed by atoms with Gasteiger partial charge in [-0.25, -0.2) is 13.6 Å². The third-order valence-electron chi connectivity index (χ3n) is 8.96. The Balaban J connectivity index is 1.64. The topological polar surface area (TPSA) is 134 Å². The van der Waals surface area contributed by atoms with Crippen LogP contribution in [0.25, 0.3) is 0 Å².